The van der Waals surface area contributed by atoms with Crippen LogP contribution in [0.3, 0.4) is 0 Å². The molecule has 0 saturated heterocycles. The first-order valence-electron chi connectivity index (χ1n) is 2.14. The van der Waals surface area contributed by atoms with Gasteiger partial charge in [-0.15, -0.1) is 0 Å². The van der Waals surface area contributed by atoms with Crippen LogP contribution in [0.15, 0.2) is 24.8 Å². The van der Waals surface area contributed by atoms with Gasteiger partial charge in [0.15, 0.2) is 5.88 Å². The highest BCUT2D eigenvalue weighted by molar-refractivity contribution is 4.93. The Morgan fingerprint density at radius 2 is 2.71 bits per heavy atom. The summed E-state index contributed by atoms with van der Waals surface area (Å²) in [6, 6.07) is 0. The van der Waals surface area contributed by atoms with Gasteiger partial charge in [-0.2, -0.15) is 0 Å². The van der Waals surface area contributed by atoms with Crippen molar-refractivity contribution in [2.75, 3.05) is 6.54 Å². The Kier molecular flexibility index (Phi) is 1.02. The summed E-state index contributed by atoms with van der Waals surface area (Å²) in [5.74, 6) is 0.627. The van der Waals surface area contributed by atoms with E-state index in [1.54, 1.807) is 6.26 Å². The first-order chi connectivity index (χ1) is 3.39. The molecule has 0 bridgehead atoms. The number of hydrogen-bond donors (Lipinski definition) is 1. The molecule has 0 aromatic rings. The topological polar surface area (TPSA) is 21.3 Å². The van der Waals surface area contributed by atoms with E-state index in [9.17, 15) is 0 Å². The van der Waals surface area contributed by atoms with Crippen molar-refractivity contribution in [2.45, 2.75) is 0 Å². The van der Waals surface area contributed by atoms with Gasteiger partial charge in [-0.3, -0.25) is 0 Å². The van der Waals surface area contributed by atoms with Crippen LogP contribution in [-0.4, -0.2) is 6.54 Å². The molecule has 7 heavy (non-hydrogen) atoms. The van der Waals surface area contributed by atoms with E-state index < -0.39 is 0 Å². The average Bonchev–Trinajstić information content (AvgIpc) is 1.69. The van der Waals surface area contributed by atoms with Gasteiger partial charge in [0.1, 0.15) is 0 Å². The molecule has 0 amide bonds. The molecule has 0 atom stereocenters. The van der Waals surface area contributed by atoms with Crippen molar-refractivity contribution in [3.8, 4) is 0 Å². The molecule has 0 fully saturated rings. The van der Waals surface area contributed by atoms with E-state index in [4.69, 9.17) is 4.74 Å². The molecule has 1 heterocycles. The molecule has 38 valence electrons. The van der Waals surface area contributed by atoms with Crippen LogP contribution in [0, 0.1) is 0 Å². The molecule has 1 rings (SSSR count). The molecule has 1 N–H and O–H groups in total. The maximum absolute atomic E-state index is 4.79. The monoisotopic (exact) mass is 97.1 g/mol. The molecule has 0 aromatic heterocycles. The van der Waals surface area contributed by atoms with Gasteiger partial charge in [0, 0.05) is 6.54 Å². The van der Waals surface area contributed by atoms with Crippen molar-refractivity contribution >= 4 is 0 Å². The fraction of sp³-hybridized carbons (Fsp3) is 0.200. The van der Waals surface area contributed by atoms with Gasteiger partial charge >= 0.3 is 0 Å². The molecule has 0 unspecified atom stereocenters. The summed E-state index contributed by atoms with van der Waals surface area (Å²) in [6.07, 6.45) is 3.51. The molecule has 2 heteroatoms. The molecule has 1 aliphatic rings. The molecular weight excluding hydrogens is 90.1 g/mol. The standard InChI is InChI=1S/C5H7NO/c1-5-6-3-2-4-7-5/h2,4,6H,1,3H2. The summed E-state index contributed by atoms with van der Waals surface area (Å²) in [5.41, 5.74) is 0. The second-order valence-electron chi connectivity index (χ2n) is 1.29. The largest absolute Gasteiger partial charge is 0.450 e. The summed E-state index contributed by atoms with van der Waals surface area (Å²) in [6.45, 7) is 4.36. The van der Waals surface area contributed by atoms with Crippen LogP contribution in [-0.2, 0) is 4.74 Å². The highest BCUT2D eigenvalue weighted by Gasteiger charge is 1.91. The molecule has 2 nitrogen and oxygen atoms in total. The highest BCUT2D eigenvalue weighted by Crippen LogP contribution is 1.92. The number of nitrogens with one attached hydrogen (secondary N) is 1. The number of rotatable bonds is 0. The lowest BCUT2D eigenvalue weighted by Crippen LogP contribution is -2.16. The van der Waals surface area contributed by atoms with Gasteiger partial charge in [0.25, 0.3) is 0 Å². The fourth-order valence-electron chi connectivity index (χ4n) is 0.393. The van der Waals surface area contributed by atoms with Crippen molar-refractivity contribution in [3.63, 3.8) is 0 Å². The lowest BCUT2D eigenvalue weighted by molar-refractivity contribution is 0.306. The second-order valence-corrected chi connectivity index (χ2v) is 1.29. The van der Waals surface area contributed by atoms with Crippen molar-refractivity contribution < 1.29 is 4.74 Å². The first-order valence-corrected chi connectivity index (χ1v) is 2.14. The molecule has 1 aliphatic heterocycles. The van der Waals surface area contributed by atoms with Gasteiger partial charge in [-0.1, -0.05) is 0 Å². The maximum atomic E-state index is 4.79. The van der Waals surface area contributed by atoms with Crippen molar-refractivity contribution in [2.24, 2.45) is 0 Å². The molecule has 0 aliphatic carbocycles. The first kappa shape index (κ1) is 4.24. The van der Waals surface area contributed by atoms with Crippen LogP contribution < -0.4 is 5.32 Å². The molecule has 0 saturated carbocycles. The Balaban J connectivity index is 2.47. The van der Waals surface area contributed by atoms with Crippen molar-refractivity contribution in [3.05, 3.63) is 24.8 Å². The van der Waals surface area contributed by atoms with E-state index in [1.807, 2.05) is 6.08 Å². The summed E-state index contributed by atoms with van der Waals surface area (Å²) in [4.78, 5) is 0. The summed E-state index contributed by atoms with van der Waals surface area (Å²) < 4.78 is 4.79. The predicted octanol–water partition coefficient (Wildman–Crippen LogP) is 0.591. The van der Waals surface area contributed by atoms with Gasteiger partial charge < -0.3 is 10.1 Å². The third kappa shape index (κ3) is 0.961. The zero-order chi connectivity index (χ0) is 5.11. The Labute approximate surface area is 42.5 Å². The van der Waals surface area contributed by atoms with Gasteiger partial charge in [0.05, 0.1) is 6.26 Å². The molecule has 0 aromatic carbocycles. The van der Waals surface area contributed by atoms with Gasteiger partial charge in [-0.25, -0.2) is 0 Å². The second kappa shape index (κ2) is 1.69. The van der Waals surface area contributed by atoms with Crippen LogP contribution in [0.5, 0.6) is 0 Å². The van der Waals surface area contributed by atoms with Gasteiger partial charge in [-0.05, 0) is 12.7 Å². The van der Waals surface area contributed by atoms with E-state index >= 15 is 0 Å². The van der Waals surface area contributed by atoms with E-state index in [2.05, 4.69) is 11.9 Å². The number of ether oxygens (including phenoxy) is 1. The smallest absolute Gasteiger partial charge is 0.185 e. The zero-order valence-corrected chi connectivity index (χ0v) is 3.98. The van der Waals surface area contributed by atoms with Crippen LogP contribution >= 0.6 is 0 Å². The van der Waals surface area contributed by atoms with Gasteiger partial charge in [0.2, 0.25) is 0 Å². The average molecular weight is 97.1 g/mol. The Morgan fingerprint density at radius 1 is 1.86 bits per heavy atom. The predicted molar refractivity (Wildman–Crippen MR) is 27.4 cm³/mol. The van der Waals surface area contributed by atoms with Crippen molar-refractivity contribution in [1.82, 2.24) is 5.32 Å². The summed E-state index contributed by atoms with van der Waals surface area (Å²) in [7, 11) is 0. The Bertz CT molecular complexity index is 107. The fourth-order valence-corrected chi connectivity index (χ4v) is 0.393. The normalized spacial score (nSPS) is 18.0. The number of hydrogen-bond acceptors (Lipinski definition) is 2. The van der Waals surface area contributed by atoms with Crippen molar-refractivity contribution in [1.29, 1.82) is 0 Å². The van der Waals surface area contributed by atoms with E-state index in [1.165, 1.54) is 0 Å². The lowest BCUT2D eigenvalue weighted by Gasteiger charge is -2.09. The maximum Gasteiger partial charge on any atom is 0.185 e. The molecule has 0 radical (unpaired) electrons. The molecular formula is C5H7NO. The van der Waals surface area contributed by atoms with Crippen LogP contribution in [0.1, 0.15) is 0 Å². The lowest BCUT2D eigenvalue weighted by atomic mass is 10.5. The summed E-state index contributed by atoms with van der Waals surface area (Å²) in [5, 5.41) is 2.88. The molecule has 0 spiro atoms. The zero-order valence-electron chi connectivity index (χ0n) is 3.98. The van der Waals surface area contributed by atoms with Crippen LogP contribution in [0.2, 0.25) is 0 Å². The minimum atomic E-state index is 0.627. The minimum absolute atomic E-state index is 0.627. The van der Waals surface area contributed by atoms with E-state index in [0.717, 1.165) is 6.54 Å². The van der Waals surface area contributed by atoms with Crippen LogP contribution in [0.4, 0.5) is 0 Å². The highest BCUT2D eigenvalue weighted by atomic mass is 16.5. The third-order valence-corrected chi connectivity index (χ3v) is 0.724. The quantitative estimate of drug-likeness (QED) is 0.477. The Hall–Kier alpha value is -0.920. The van der Waals surface area contributed by atoms with E-state index in [0.29, 0.717) is 5.88 Å². The Morgan fingerprint density at radius 3 is 3.00 bits per heavy atom. The van der Waals surface area contributed by atoms with Crippen LogP contribution in [0.25, 0.3) is 0 Å². The van der Waals surface area contributed by atoms with E-state index in [-0.39, 0.29) is 0 Å². The third-order valence-electron chi connectivity index (χ3n) is 0.724. The SMILES string of the molecule is C=C1NCC=CO1. The minimum Gasteiger partial charge on any atom is -0.450 e. The summed E-state index contributed by atoms with van der Waals surface area (Å²) >= 11 is 0.